The number of nitrogens with zero attached hydrogens (tertiary/aromatic N) is 2. The number of guanidine groups is 1. The molecule has 0 spiro atoms. The summed E-state index contributed by atoms with van der Waals surface area (Å²) in [6.45, 7) is 0. The molecular weight excluding hydrogens is 176 g/mol. The van der Waals surface area contributed by atoms with Crippen LogP contribution in [0.5, 0.6) is 0 Å². The predicted octanol–water partition coefficient (Wildman–Crippen LogP) is -2.18. The van der Waals surface area contributed by atoms with Gasteiger partial charge in [-0.2, -0.15) is 0 Å². The molecule has 0 amide bonds. The SMILES string of the molecule is N=C(N)NN[N+](=O)[O-].O=[N+]([O-])O. The number of nitrogens with two attached hydrogens (primary N) is 1. The summed E-state index contributed by atoms with van der Waals surface area (Å²) in [6.07, 6.45) is 0. The van der Waals surface area contributed by atoms with Crippen LogP contribution in [0.25, 0.3) is 0 Å². The highest BCUT2D eigenvalue weighted by atomic mass is 16.9. The molecule has 0 aliphatic rings. The second-order valence-corrected chi connectivity index (χ2v) is 1.15. The quantitative estimate of drug-likeness (QED) is 0.138. The van der Waals surface area contributed by atoms with Crippen LogP contribution in [0.2, 0.25) is 0 Å². The summed E-state index contributed by atoms with van der Waals surface area (Å²) in [7, 11) is 0. The lowest BCUT2D eigenvalue weighted by atomic mass is 11.1. The zero-order valence-electron chi connectivity index (χ0n) is 5.55. The van der Waals surface area contributed by atoms with Crippen LogP contribution < -0.4 is 16.7 Å². The molecule has 0 heterocycles. The largest absolute Gasteiger partial charge is 0.369 e. The molecule has 0 bridgehead atoms. The van der Waals surface area contributed by atoms with Crippen molar-refractivity contribution in [2.24, 2.45) is 5.73 Å². The van der Waals surface area contributed by atoms with E-state index in [-0.39, 0.29) is 0 Å². The Morgan fingerprint density at radius 1 is 1.50 bits per heavy atom. The highest BCUT2D eigenvalue weighted by Crippen LogP contribution is 1.47. The molecule has 0 aromatic heterocycles. The van der Waals surface area contributed by atoms with Crippen molar-refractivity contribution in [1.82, 2.24) is 11.0 Å². The molecule has 0 saturated heterocycles. The molecule has 11 heteroatoms. The Morgan fingerprint density at radius 3 is 1.92 bits per heavy atom. The Labute approximate surface area is 64.9 Å². The summed E-state index contributed by atoms with van der Waals surface area (Å²) >= 11 is 0. The standard InChI is InChI=1S/CH5N5O2.HNO3/c2-1(3)4-5-6(7)8;2-1(3)4/h5H,(H4,2,3,4);(H,2,3,4). The molecule has 11 nitrogen and oxygen atoms in total. The number of rotatable bonds is 2. The minimum atomic E-state index is -1.50. The van der Waals surface area contributed by atoms with Crippen LogP contribution in [0, 0.1) is 25.6 Å². The fraction of sp³-hybridized carbons (Fsp3) is 0. The van der Waals surface area contributed by atoms with E-state index in [9.17, 15) is 10.1 Å². The van der Waals surface area contributed by atoms with Gasteiger partial charge in [0.05, 0.1) is 0 Å². The second kappa shape index (κ2) is 6.79. The molecule has 70 valence electrons. The second-order valence-electron chi connectivity index (χ2n) is 1.15. The van der Waals surface area contributed by atoms with Gasteiger partial charge in [-0.1, -0.05) is 0 Å². The maximum atomic E-state index is 9.38. The number of hydrogen-bond acceptors (Lipinski definition) is 5. The van der Waals surface area contributed by atoms with Crippen molar-refractivity contribution < 1.29 is 15.3 Å². The van der Waals surface area contributed by atoms with Crippen LogP contribution >= 0.6 is 0 Å². The topological polar surface area (TPSA) is 180 Å². The van der Waals surface area contributed by atoms with E-state index in [1.54, 1.807) is 5.43 Å². The summed E-state index contributed by atoms with van der Waals surface area (Å²) in [4.78, 5) is 17.7. The van der Waals surface area contributed by atoms with Crippen LogP contribution in [-0.4, -0.2) is 21.3 Å². The molecule has 0 fully saturated rings. The third kappa shape index (κ3) is 47.9. The highest BCUT2D eigenvalue weighted by molar-refractivity contribution is 5.73. The van der Waals surface area contributed by atoms with Crippen molar-refractivity contribution in [1.29, 1.82) is 5.41 Å². The maximum absolute atomic E-state index is 9.38. The third-order valence-electron chi connectivity index (χ3n) is 0.282. The van der Waals surface area contributed by atoms with Gasteiger partial charge in [0.15, 0.2) is 5.03 Å². The molecule has 6 N–H and O–H groups in total. The van der Waals surface area contributed by atoms with Gasteiger partial charge < -0.3 is 10.9 Å². The first kappa shape index (κ1) is 12.4. The predicted molar refractivity (Wildman–Crippen MR) is 34.0 cm³/mol. The molecular formula is CH6N6O5. The van der Waals surface area contributed by atoms with Gasteiger partial charge in [0, 0.05) is 0 Å². The summed E-state index contributed by atoms with van der Waals surface area (Å²) < 4.78 is 0. The van der Waals surface area contributed by atoms with E-state index in [4.69, 9.17) is 20.7 Å². The van der Waals surface area contributed by atoms with E-state index in [1.807, 2.05) is 0 Å². The molecule has 12 heavy (non-hydrogen) atoms. The monoisotopic (exact) mass is 182 g/mol. The van der Waals surface area contributed by atoms with Crippen LogP contribution in [0.4, 0.5) is 0 Å². The van der Waals surface area contributed by atoms with Crippen molar-refractivity contribution in [2.45, 2.75) is 0 Å². The number of hydrogen-bond donors (Lipinski definition) is 5. The first-order chi connectivity index (χ1) is 5.36. The van der Waals surface area contributed by atoms with E-state index >= 15 is 0 Å². The number of hydrazine groups is 2. The first-order valence-electron chi connectivity index (χ1n) is 2.19. The summed E-state index contributed by atoms with van der Waals surface area (Å²) in [6, 6.07) is 0. The van der Waals surface area contributed by atoms with Gasteiger partial charge in [-0.15, -0.1) is 10.1 Å². The summed E-state index contributed by atoms with van der Waals surface area (Å²) in [5, 5.41) is 28.6. The van der Waals surface area contributed by atoms with Crippen LogP contribution in [0.15, 0.2) is 0 Å². The Kier molecular flexibility index (Phi) is 6.99. The molecule has 0 atom stereocenters. The molecule has 0 radical (unpaired) electrons. The number of nitro groups is 1. The van der Waals surface area contributed by atoms with Gasteiger partial charge >= 0.3 is 0 Å². The molecule has 0 aromatic carbocycles. The van der Waals surface area contributed by atoms with Crippen LogP contribution in [-0.2, 0) is 0 Å². The van der Waals surface area contributed by atoms with Gasteiger partial charge in [-0.25, -0.2) is 15.5 Å². The fourth-order valence-corrected chi connectivity index (χ4v) is 0.106. The van der Waals surface area contributed by atoms with Crippen molar-refractivity contribution in [3.8, 4) is 0 Å². The van der Waals surface area contributed by atoms with Crippen molar-refractivity contribution in [3.63, 3.8) is 0 Å². The fourth-order valence-electron chi connectivity index (χ4n) is 0.106. The Balaban J connectivity index is 0. The smallest absolute Gasteiger partial charge is 0.291 e. The van der Waals surface area contributed by atoms with Crippen LogP contribution in [0.1, 0.15) is 0 Å². The zero-order valence-corrected chi connectivity index (χ0v) is 5.55. The highest BCUT2D eigenvalue weighted by Gasteiger charge is 1.88. The lowest BCUT2D eigenvalue weighted by molar-refractivity contribution is -0.742. The van der Waals surface area contributed by atoms with Gasteiger partial charge in [-0.05, 0) is 5.53 Å². The summed E-state index contributed by atoms with van der Waals surface area (Å²) in [5.41, 5.74) is 7.87. The molecule has 0 aliphatic heterocycles. The van der Waals surface area contributed by atoms with Gasteiger partial charge in [0.2, 0.25) is 5.96 Å². The molecule has 0 aliphatic carbocycles. The minimum absolute atomic E-state index is 0.498. The average molecular weight is 182 g/mol. The average Bonchev–Trinajstić information content (AvgIpc) is 1.82. The molecule has 0 unspecified atom stereocenters. The number of nitrogens with one attached hydrogen (secondary N) is 3. The van der Waals surface area contributed by atoms with Crippen molar-refractivity contribution in [3.05, 3.63) is 20.2 Å². The van der Waals surface area contributed by atoms with E-state index < -0.39 is 16.1 Å². The Morgan fingerprint density at radius 2 is 1.83 bits per heavy atom. The molecule has 0 aromatic rings. The van der Waals surface area contributed by atoms with Crippen LogP contribution in [0.3, 0.4) is 0 Å². The van der Waals surface area contributed by atoms with Gasteiger partial charge in [-0.3, -0.25) is 5.41 Å². The van der Waals surface area contributed by atoms with Crippen molar-refractivity contribution in [2.75, 3.05) is 0 Å². The lowest BCUT2D eigenvalue weighted by Gasteiger charge is -1.94. The van der Waals surface area contributed by atoms with E-state index in [1.165, 1.54) is 5.53 Å². The van der Waals surface area contributed by atoms with Crippen molar-refractivity contribution >= 4 is 5.96 Å². The lowest BCUT2D eigenvalue weighted by Crippen LogP contribution is -2.44. The Bertz CT molecular complexity index is 159. The minimum Gasteiger partial charge on any atom is -0.369 e. The normalized spacial score (nSPS) is 7.00. The third-order valence-corrected chi connectivity index (χ3v) is 0.282. The maximum Gasteiger partial charge on any atom is 0.291 e. The van der Waals surface area contributed by atoms with E-state index in [0.29, 0.717) is 0 Å². The summed E-state index contributed by atoms with van der Waals surface area (Å²) in [5.74, 6) is -0.498. The Hall–Kier alpha value is -2.33. The van der Waals surface area contributed by atoms with E-state index in [0.717, 1.165) is 0 Å². The molecule has 0 rings (SSSR count). The molecule has 0 saturated carbocycles. The first-order valence-corrected chi connectivity index (χ1v) is 2.19. The van der Waals surface area contributed by atoms with Gasteiger partial charge in [0.1, 0.15) is 0 Å². The zero-order chi connectivity index (χ0) is 10.1. The van der Waals surface area contributed by atoms with Gasteiger partial charge in [0.25, 0.3) is 5.09 Å². The van der Waals surface area contributed by atoms with E-state index in [2.05, 4.69) is 5.73 Å².